The maximum atomic E-state index is 12.7. The molecule has 0 radical (unpaired) electrons. The second-order valence-electron chi connectivity index (χ2n) is 6.06. The van der Waals surface area contributed by atoms with Crippen molar-refractivity contribution in [2.45, 2.75) is 44.0 Å². The summed E-state index contributed by atoms with van der Waals surface area (Å²) in [5.41, 5.74) is 0.198. The van der Waals surface area contributed by atoms with Crippen molar-refractivity contribution >= 4 is 21.4 Å². The lowest BCUT2D eigenvalue weighted by Crippen LogP contribution is -2.37. The van der Waals surface area contributed by atoms with Crippen LogP contribution >= 0.6 is 11.3 Å². The molecule has 23 heavy (non-hydrogen) atoms. The van der Waals surface area contributed by atoms with Crippen LogP contribution in [0.4, 0.5) is 0 Å². The Balaban J connectivity index is 2.57. The van der Waals surface area contributed by atoms with Gasteiger partial charge in [-0.3, -0.25) is 4.57 Å². The fraction of sp³-hybridized carbons (Fsp3) is 0.615. The molecule has 0 saturated heterocycles. The van der Waals surface area contributed by atoms with Crippen molar-refractivity contribution in [1.82, 2.24) is 23.6 Å². The Kier molecular flexibility index (Phi) is 4.53. The third-order valence-electron chi connectivity index (χ3n) is 3.84. The van der Waals surface area contributed by atoms with Gasteiger partial charge in [0.2, 0.25) is 9.47 Å². The van der Waals surface area contributed by atoms with Gasteiger partial charge in [-0.25, -0.2) is 22.1 Å². The number of nitrogens with zero attached hydrogens (tertiary/aromatic N) is 5. The summed E-state index contributed by atoms with van der Waals surface area (Å²) in [5.74, 6) is 0. The van der Waals surface area contributed by atoms with Gasteiger partial charge in [-0.05, 0) is 27.2 Å². The summed E-state index contributed by atoms with van der Waals surface area (Å²) >= 11 is 0.873. The van der Waals surface area contributed by atoms with Crippen molar-refractivity contribution in [3.8, 4) is 5.13 Å². The van der Waals surface area contributed by atoms with E-state index in [1.807, 2.05) is 27.7 Å². The highest BCUT2D eigenvalue weighted by molar-refractivity contribution is 7.91. The second kappa shape index (κ2) is 5.84. The van der Waals surface area contributed by atoms with E-state index in [2.05, 4.69) is 10.2 Å². The van der Waals surface area contributed by atoms with Gasteiger partial charge in [-0.15, -0.1) is 10.2 Å². The SMILES string of the molecule is CCC(C)(C)n1c(C)cn(-c2nnc(S(=O)(=O)N(C)C)s2)c1=O. The monoisotopic (exact) mass is 359 g/mol. The number of aryl methyl sites for hydroxylation is 1. The van der Waals surface area contributed by atoms with Crippen LogP contribution in [-0.4, -0.2) is 46.1 Å². The number of aromatic nitrogens is 4. The Morgan fingerprint density at radius 3 is 2.43 bits per heavy atom. The molecular weight excluding hydrogens is 338 g/mol. The van der Waals surface area contributed by atoms with E-state index in [-0.39, 0.29) is 20.7 Å². The highest BCUT2D eigenvalue weighted by Crippen LogP contribution is 2.23. The molecule has 0 aromatic carbocycles. The second-order valence-corrected chi connectivity index (χ2v) is 9.34. The lowest BCUT2D eigenvalue weighted by molar-refractivity contribution is 0.325. The molecule has 0 unspecified atom stereocenters. The van der Waals surface area contributed by atoms with Crippen LogP contribution < -0.4 is 5.69 Å². The van der Waals surface area contributed by atoms with Gasteiger partial charge in [0.1, 0.15) is 0 Å². The number of hydrogen-bond acceptors (Lipinski definition) is 6. The van der Waals surface area contributed by atoms with E-state index >= 15 is 0 Å². The molecule has 0 aliphatic heterocycles. The van der Waals surface area contributed by atoms with Crippen LogP contribution in [0.1, 0.15) is 32.9 Å². The van der Waals surface area contributed by atoms with Crippen molar-refractivity contribution in [2.24, 2.45) is 0 Å². The third-order valence-corrected chi connectivity index (χ3v) is 6.92. The van der Waals surface area contributed by atoms with E-state index in [4.69, 9.17) is 0 Å². The molecule has 0 fully saturated rings. The van der Waals surface area contributed by atoms with Crippen molar-refractivity contribution in [2.75, 3.05) is 14.1 Å². The smallest absolute Gasteiger partial charge is 0.291 e. The summed E-state index contributed by atoms with van der Waals surface area (Å²) < 4.78 is 28.1. The van der Waals surface area contributed by atoms with Crippen LogP contribution in [0.2, 0.25) is 0 Å². The van der Waals surface area contributed by atoms with Gasteiger partial charge in [0, 0.05) is 31.5 Å². The first-order valence-corrected chi connectivity index (χ1v) is 9.36. The molecular formula is C13H21N5O3S2. The maximum Gasteiger partial charge on any atom is 0.335 e. The molecule has 2 aromatic rings. The molecule has 0 bridgehead atoms. The van der Waals surface area contributed by atoms with Gasteiger partial charge in [0.05, 0.1) is 0 Å². The van der Waals surface area contributed by atoms with E-state index in [0.717, 1.165) is 27.8 Å². The Bertz CT molecular complexity index is 874. The van der Waals surface area contributed by atoms with Gasteiger partial charge < -0.3 is 0 Å². The van der Waals surface area contributed by atoms with Crippen molar-refractivity contribution in [1.29, 1.82) is 0 Å². The Labute approximate surface area is 139 Å². The van der Waals surface area contributed by atoms with E-state index in [9.17, 15) is 13.2 Å². The molecule has 0 aliphatic rings. The van der Waals surface area contributed by atoms with Crippen LogP contribution in [0.3, 0.4) is 0 Å². The van der Waals surface area contributed by atoms with Gasteiger partial charge in [-0.1, -0.05) is 18.3 Å². The first-order valence-electron chi connectivity index (χ1n) is 7.10. The van der Waals surface area contributed by atoms with Crippen LogP contribution in [0.15, 0.2) is 15.3 Å². The van der Waals surface area contributed by atoms with Crippen molar-refractivity contribution < 1.29 is 8.42 Å². The minimum Gasteiger partial charge on any atom is -0.291 e. The zero-order valence-corrected chi connectivity index (χ0v) is 15.7. The molecule has 0 spiro atoms. The summed E-state index contributed by atoms with van der Waals surface area (Å²) in [6.45, 7) is 7.81. The standard InChI is InChI=1S/C13H21N5O3S2/c1-7-13(3,4)18-9(2)8-17(12(18)19)10-14-15-11(22-10)23(20,21)16(5)6/h8H,7H2,1-6H3. The number of rotatable bonds is 5. The molecule has 2 aromatic heterocycles. The van der Waals surface area contributed by atoms with E-state index in [0.29, 0.717) is 0 Å². The van der Waals surface area contributed by atoms with Gasteiger partial charge in [0.15, 0.2) is 0 Å². The highest BCUT2D eigenvalue weighted by atomic mass is 32.2. The van der Waals surface area contributed by atoms with Crippen molar-refractivity contribution in [3.63, 3.8) is 0 Å². The van der Waals surface area contributed by atoms with Crippen LogP contribution in [0.5, 0.6) is 0 Å². The first-order chi connectivity index (χ1) is 10.5. The van der Waals surface area contributed by atoms with Crippen LogP contribution in [0.25, 0.3) is 5.13 Å². The fourth-order valence-electron chi connectivity index (χ4n) is 2.15. The van der Waals surface area contributed by atoms with E-state index in [1.54, 1.807) is 10.8 Å². The molecule has 128 valence electrons. The van der Waals surface area contributed by atoms with Crippen LogP contribution in [0, 0.1) is 6.92 Å². The van der Waals surface area contributed by atoms with Gasteiger partial charge >= 0.3 is 5.69 Å². The molecule has 10 heteroatoms. The molecule has 0 N–H and O–H groups in total. The molecule has 0 saturated carbocycles. The lowest BCUT2D eigenvalue weighted by atomic mass is 10.0. The average molecular weight is 359 g/mol. The topological polar surface area (TPSA) is 90.1 Å². The third kappa shape index (κ3) is 2.98. The van der Waals surface area contributed by atoms with Gasteiger partial charge in [0.25, 0.3) is 10.0 Å². The van der Waals surface area contributed by atoms with E-state index < -0.39 is 10.0 Å². The number of hydrogen-bond donors (Lipinski definition) is 0. The minimum absolute atomic E-state index is 0.135. The largest absolute Gasteiger partial charge is 0.335 e. The van der Waals surface area contributed by atoms with E-state index in [1.165, 1.54) is 18.7 Å². The van der Waals surface area contributed by atoms with Crippen LogP contribution in [-0.2, 0) is 15.6 Å². The molecule has 0 aliphatic carbocycles. The Morgan fingerprint density at radius 2 is 1.91 bits per heavy atom. The lowest BCUT2D eigenvalue weighted by Gasteiger charge is -2.25. The minimum atomic E-state index is -3.66. The summed E-state index contributed by atoms with van der Waals surface area (Å²) in [6, 6.07) is 0. The first kappa shape index (κ1) is 17.8. The summed E-state index contributed by atoms with van der Waals surface area (Å²) in [7, 11) is -0.810. The normalized spacial score (nSPS) is 13.0. The summed E-state index contributed by atoms with van der Waals surface area (Å²) in [4.78, 5) is 12.7. The molecule has 8 nitrogen and oxygen atoms in total. The Morgan fingerprint density at radius 1 is 1.30 bits per heavy atom. The summed E-state index contributed by atoms with van der Waals surface area (Å²) in [5, 5.41) is 7.83. The number of sulfonamides is 1. The molecule has 2 rings (SSSR count). The summed E-state index contributed by atoms with van der Waals surface area (Å²) in [6.07, 6.45) is 2.44. The molecule has 0 atom stereocenters. The quantitative estimate of drug-likeness (QED) is 0.800. The highest BCUT2D eigenvalue weighted by Gasteiger charge is 2.27. The predicted octanol–water partition coefficient (Wildman–Crippen LogP) is 1.19. The molecule has 2 heterocycles. The number of imidazole rings is 1. The van der Waals surface area contributed by atoms with Gasteiger partial charge in [-0.2, -0.15) is 0 Å². The zero-order valence-electron chi connectivity index (χ0n) is 14.1. The maximum absolute atomic E-state index is 12.7. The van der Waals surface area contributed by atoms with Crippen molar-refractivity contribution in [3.05, 3.63) is 22.4 Å². The Hall–Kier alpha value is -1.52. The zero-order chi connectivity index (χ0) is 17.6. The predicted molar refractivity (Wildman–Crippen MR) is 88.7 cm³/mol. The average Bonchev–Trinajstić information content (AvgIpc) is 3.04. The fourth-order valence-corrected chi connectivity index (χ4v) is 4.25. The molecule has 0 amide bonds.